The maximum Gasteiger partial charge on any atom is 0.246 e. The molecule has 2 aliphatic heterocycles. The minimum absolute atomic E-state index is 0. The standard InChI is InChI=1S/C13H24N4O2.HI/c1-9-4-6-17(7-5-9)13(15)16-8-10-2-3-11(19-10)12(14)18;/h9-11H,2-8H2,1H3,(H2,14,18)(H2,15,16);1H. The lowest BCUT2D eigenvalue weighted by molar-refractivity contribution is -0.128. The molecule has 20 heavy (non-hydrogen) atoms. The highest BCUT2D eigenvalue weighted by Crippen LogP contribution is 2.20. The molecule has 0 bridgehead atoms. The Morgan fingerprint density at radius 1 is 1.25 bits per heavy atom. The van der Waals surface area contributed by atoms with Crippen LogP contribution in [0.2, 0.25) is 0 Å². The Hall–Kier alpha value is -0.570. The normalized spacial score (nSPS) is 28.2. The molecule has 7 heteroatoms. The summed E-state index contributed by atoms with van der Waals surface area (Å²) in [6.07, 6.45) is 3.37. The molecule has 1 amide bonds. The van der Waals surface area contributed by atoms with Crippen LogP contribution in [0.1, 0.15) is 32.6 Å². The molecule has 2 heterocycles. The maximum absolute atomic E-state index is 11.0. The molecule has 2 atom stereocenters. The third-order valence-corrected chi connectivity index (χ3v) is 3.99. The van der Waals surface area contributed by atoms with Gasteiger partial charge in [0.05, 0.1) is 12.6 Å². The summed E-state index contributed by atoms with van der Waals surface area (Å²) in [5, 5.41) is 0. The first-order valence-electron chi connectivity index (χ1n) is 7.06. The van der Waals surface area contributed by atoms with E-state index in [0.717, 1.165) is 25.4 Å². The fourth-order valence-corrected chi connectivity index (χ4v) is 2.58. The van der Waals surface area contributed by atoms with Crippen LogP contribution < -0.4 is 11.5 Å². The number of nitrogens with two attached hydrogens (primary N) is 2. The quantitative estimate of drug-likeness (QED) is 0.417. The van der Waals surface area contributed by atoms with Crippen LogP contribution in [0, 0.1) is 5.92 Å². The van der Waals surface area contributed by atoms with Crippen molar-refractivity contribution in [1.29, 1.82) is 0 Å². The summed E-state index contributed by atoms with van der Waals surface area (Å²) in [4.78, 5) is 17.5. The first kappa shape index (κ1) is 17.5. The molecule has 0 radical (unpaired) electrons. The largest absolute Gasteiger partial charge is 0.370 e. The van der Waals surface area contributed by atoms with Crippen LogP contribution in [0.5, 0.6) is 0 Å². The van der Waals surface area contributed by atoms with E-state index in [9.17, 15) is 4.79 Å². The second kappa shape index (κ2) is 8.02. The maximum atomic E-state index is 11.0. The Labute approximate surface area is 137 Å². The van der Waals surface area contributed by atoms with Crippen molar-refractivity contribution in [2.24, 2.45) is 22.4 Å². The number of rotatable bonds is 3. The molecule has 2 rings (SSSR count). The van der Waals surface area contributed by atoms with E-state index in [1.54, 1.807) is 0 Å². The molecule has 2 unspecified atom stereocenters. The number of likely N-dealkylation sites (tertiary alicyclic amines) is 1. The van der Waals surface area contributed by atoms with Crippen LogP contribution in [-0.2, 0) is 9.53 Å². The van der Waals surface area contributed by atoms with Crippen molar-refractivity contribution in [3.05, 3.63) is 0 Å². The Kier molecular flexibility index (Phi) is 7.01. The summed E-state index contributed by atoms with van der Waals surface area (Å²) in [7, 11) is 0. The summed E-state index contributed by atoms with van der Waals surface area (Å²) < 4.78 is 5.52. The molecule has 0 aromatic rings. The Bertz CT molecular complexity index is 356. The van der Waals surface area contributed by atoms with Crippen LogP contribution in [0.25, 0.3) is 0 Å². The average Bonchev–Trinajstić information content (AvgIpc) is 2.86. The van der Waals surface area contributed by atoms with Crippen molar-refractivity contribution >= 4 is 35.8 Å². The fraction of sp³-hybridized carbons (Fsp3) is 0.846. The van der Waals surface area contributed by atoms with Gasteiger partial charge in [0.25, 0.3) is 0 Å². The second-order valence-corrected chi connectivity index (χ2v) is 5.59. The number of guanidine groups is 1. The molecule has 0 saturated carbocycles. The summed E-state index contributed by atoms with van der Waals surface area (Å²) in [5.41, 5.74) is 11.2. The Morgan fingerprint density at radius 3 is 2.45 bits per heavy atom. The van der Waals surface area contributed by atoms with E-state index in [-0.39, 0.29) is 36.0 Å². The Morgan fingerprint density at radius 2 is 1.90 bits per heavy atom. The van der Waals surface area contributed by atoms with Gasteiger partial charge in [-0.25, -0.2) is 0 Å². The van der Waals surface area contributed by atoms with E-state index < -0.39 is 6.10 Å². The predicted molar refractivity (Wildman–Crippen MR) is 89.0 cm³/mol. The van der Waals surface area contributed by atoms with E-state index >= 15 is 0 Å². The summed E-state index contributed by atoms with van der Waals surface area (Å²) in [5.74, 6) is 0.987. The number of primary amides is 1. The number of nitrogens with zero attached hydrogens (tertiary/aromatic N) is 2. The van der Waals surface area contributed by atoms with Crippen LogP contribution in [0.4, 0.5) is 0 Å². The predicted octanol–water partition coefficient (Wildman–Crippen LogP) is 0.684. The molecule has 2 aliphatic rings. The second-order valence-electron chi connectivity index (χ2n) is 5.59. The van der Waals surface area contributed by atoms with Gasteiger partial charge < -0.3 is 21.1 Å². The van der Waals surface area contributed by atoms with Crippen molar-refractivity contribution in [2.45, 2.75) is 44.8 Å². The first-order valence-corrected chi connectivity index (χ1v) is 7.06. The summed E-state index contributed by atoms with van der Waals surface area (Å²) in [6, 6.07) is 0. The topological polar surface area (TPSA) is 93.9 Å². The van der Waals surface area contributed by atoms with Crippen molar-refractivity contribution in [2.75, 3.05) is 19.6 Å². The lowest BCUT2D eigenvalue weighted by Gasteiger charge is -2.31. The summed E-state index contributed by atoms with van der Waals surface area (Å²) in [6.45, 7) is 4.74. The molecule has 4 N–H and O–H groups in total. The van der Waals surface area contributed by atoms with Gasteiger partial charge >= 0.3 is 0 Å². The number of carbonyl (C=O) groups is 1. The highest BCUT2D eigenvalue weighted by molar-refractivity contribution is 14.0. The third-order valence-electron chi connectivity index (χ3n) is 3.99. The molecule has 2 fully saturated rings. The average molecular weight is 396 g/mol. The SMILES string of the molecule is CC1CCN(C(N)=NCC2CCC(C(N)=O)O2)CC1.I. The van der Waals surface area contributed by atoms with E-state index in [0.29, 0.717) is 18.9 Å². The van der Waals surface area contributed by atoms with E-state index in [1.807, 2.05) is 0 Å². The monoisotopic (exact) mass is 396 g/mol. The zero-order valence-corrected chi connectivity index (χ0v) is 14.3. The van der Waals surface area contributed by atoms with Crippen LogP contribution in [0.3, 0.4) is 0 Å². The van der Waals surface area contributed by atoms with E-state index in [4.69, 9.17) is 16.2 Å². The molecular formula is C13H25IN4O2. The summed E-state index contributed by atoms with van der Waals surface area (Å²) >= 11 is 0. The number of halogens is 1. The van der Waals surface area contributed by atoms with Gasteiger partial charge in [-0.2, -0.15) is 0 Å². The first-order chi connectivity index (χ1) is 9.06. The number of carbonyl (C=O) groups excluding carboxylic acids is 1. The zero-order chi connectivity index (χ0) is 13.8. The van der Waals surface area contributed by atoms with Gasteiger partial charge in [-0.15, -0.1) is 24.0 Å². The minimum Gasteiger partial charge on any atom is -0.370 e. The molecule has 6 nitrogen and oxygen atoms in total. The van der Waals surface area contributed by atoms with Crippen molar-refractivity contribution in [3.63, 3.8) is 0 Å². The van der Waals surface area contributed by atoms with Crippen molar-refractivity contribution in [3.8, 4) is 0 Å². The van der Waals surface area contributed by atoms with Gasteiger partial charge in [0, 0.05) is 13.1 Å². The fourth-order valence-electron chi connectivity index (χ4n) is 2.58. The number of hydrogen-bond acceptors (Lipinski definition) is 3. The van der Waals surface area contributed by atoms with E-state index in [1.165, 1.54) is 12.8 Å². The molecule has 2 saturated heterocycles. The lowest BCUT2D eigenvalue weighted by atomic mass is 10.00. The number of piperidine rings is 1. The Balaban J connectivity index is 0.00000200. The zero-order valence-electron chi connectivity index (χ0n) is 12.0. The molecule has 116 valence electrons. The third kappa shape index (κ3) is 4.76. The highest BCUT2D eigenvalue weighted by atomic mass is 127. The number of amides is 1. The van der Waals surface area contributed by atoms with Gasteiger partial charge in [-0.05, 0) is 31.6 Å². The molecule has 0 aromatic heterocycles. The van der Waals surface area contributed by atoms with Gasteiger partial charge in [0.1, 0.15) is 6.10 Å². The highest BCUT2D eigenvalue weighted by Gasteiger charge is 2.29. The molecule has 0 aliphatic carbocycles. The van der Waals surface area contributed by atoms with Crippen LogP contribution >= 0.6 is 24.0 Å². The molecular weight excluding hydrogens is 371 g/mol. The molecule has 0 spiro atoms. The number of ether oxygens (including phenoxy) is 1. The van der Waals surface area contributed by atoms with Crippen LogP contribution in [-0.4, -0.2) is 48.6 Å². The lowest BCUT2D eigenvalue weighted by Crippen LogP contribution is -2.42. The van der Waals surface area contributed by atoms with Crippen molar-refractivity contribution < 1.29 is 9.53 Å². The number of hydrogen-bond donors (Lipinski definition) is 2. The van der Waals surface area contributed by atoms with Gasteiger partial charge in [-0.3, -0.25) is 9.79 Å². The van der Waals surface area contributed by atoms with Crippen molar-refractivity contribution in [1.82, 2.24) is 4.90 Å². The van der Waals surface area contributed by atoms with E-state index in [2.05, 4.69) is 16.8 Å². The van der Waals surface area contributed by atoms with Gasteiger partial charge in [0.15, 0.2) is 5.96 Å². The number of aliphatic imine (C=N–C) groups is 1. The molecule has 0 aromatic carbocycles. The van der Waals surface area contributed by atoms with Crippen LogP contribution in [0.15, 0.2) is 4.99 Å². The van der Waals surface area contributed by atoms with Gasteiger partial charge in [0.2, 0.25) is 5.91 Å². The minimum atomic E-state index is -0.447. The van der Waals surface area contributed by atoms with Gasteiger partial charge in [-0.1, -0.05) is 6.92 Å². The smallest absolute Gasteiger partial charge is 0.246 e.